The molecule has 0 saturated carbocycles. The van der Waals surface area contributed by atoms with Crippen LogP contribution in [0, 0.1) is 6.92 Å². The van der Waals surface area contributed by atoms with E-state index >= 15 is 0 Å². The summed E-state index contributed by atoms with van der Waals surface area (Å²) in [4.78, 5) is 20.7. The highest BCUT2D eigenvalue weighted by Gasteiger charge is 2.14. The summed E-state index contributed by atoms with van der Waals surface area (Å²) in [5, 5.41) is 11.5. The average Bonchev–Trinajstić information content (AvgIpc) is 2.64. The molecule has 0 bridgehead atoms. The standard InChI is InChI=1S/C20H22ClN3O3/c1-12(2)16-8-17(21)13(3)7-18(16)27-10-14(25)9-24-11-23-19-15(20(24)26)5-4-6-22-19/h4-8,11-12,14,25H,9-10H2,1-3H3. The fourth-order valence-electron chi connectivity index (χ4n) is 2.84. The first kappa shape index (κ1) is 19.3. The van der Waals surface area contributed by atoms with Crippen LogP contribution in [0.15, 0.2) is 41.6 Å². The zero-order valence-corrected chi connectivity index (χ0v) is 16.3. The van der Waals surface area contributed by atoms with Gasteiger partial charge in [0.15, 0.2) is 5.65 Å². The summed E-state index contributed by atoms with van der Waals surface area (Å²) in [6.07, 6.45) is 2.12. The molecule has 2 aromatic heterocycles. The van der Waals surface area contributed by atoms with Crippen molar-refractivity contribution < 1.29 is 9.84 Å². The predicted octanol–water partition coefficient (Wildman–Crippen LogP) is 3.32. The number of halogens is 1. The van der Waals surface area contributed by atoms with Crippen LogP contribution in [0.1, 0.15) is 30.9 Å². The normalized spacial score (nSPS) is 12.5. The molecule has 2 heterocycles. The number of aliphatic hydroxyl groups excluding tert-OH is 1. The minimum Gasteiger partial charge on any atom is -0.491 e. The van der Waals surface area contributed by atoms with Gasteiger partial charge in [0.1, 0.15) is 24.8 Å². The van der Waals surface area contributed by atoms with E-state index in [1.807, 2.05) is 19.1 Å². The number of hydrogen-bond donors (Lipinski definition) is 1. The maximum absolute atomic E-state index is 12.5. The highest BCUT2D eigenvalue weighted by molar-refractivity contribution is 6.31. The topological polar surface area (TPSA) is 77.2 Å². The number of benzene rings is 1. The van der Waals surface area contributed by atoms with Crippen LogP contribution in [0.25, 0.3) is 11.0 Å². The quantitative estimate of drug-likeness (QED) is 0.702. The monoisotopic (exact) mass is 387 g/mol. The Hall–Kier alpha value is -2.44. The lowest BCUT2D eigenvalue weighted by Crippen LogP contribution is -2.30. The van der Waals surface area contributed by atoms with Gasteiger partial charge in [-0.3, -0.25) is 9.36 Å². The van der Waals surface area contributed by atoms with Gasteiger partial charge in [-0.2, -0.15) is 0 Å². The van der Waals surface area contributed by atoms with E-state index in [0.29, 0.717) is 21.8 Å². The average molecular weight is 388 g/mol. The van der Waals surface area contributed by atoms with Gasteiger partial charge in [-0.15, -0.1) is 0 Å². The molecular weight excluding hydrogens is 366 g/mol. The van der Waals surface area contributed by atoms with Crippen molar-refractivity contribution >= 4 is 22.6 Å². The van der Waals surface area contributed by atoms with E-state index < -0.39 is 6.10 Å². The van der Waals surface area contributed by atoms with Crippen LogP contribution in [-0.4, -0.2) is 32.4 Å². The largest absolute Gasteiger partial charge is 0.491 e. The molecule has 1 atom stereocenters. The molecule has 0 fully saturated rings. The van der Waals surface area contributed by atoms with E-state index in [-0.39, 0.29) is 24.6 Å². The Labute approximate surface area is 162 Å². The molecule has 0 saturated heterocycles. The van der Waals surface area contributed by atoms with E-state index in [1.165, 1.54) is 10.9 Å². The second kappa shape index (κ2) is 8.06. The van der Waals surface area contributed by atoms with Crippen molar-refractivity contribution in [3.8, 4) is 5.75 Å². The lowest BCUT2D eigenvalue weighted by atomic mass is 10.0. The Morgan fingerprint density at radius 1 is 1.30 bits per heavy atom. The highest BCUT2D eigenvalue weighted by Crippen LogP contribution is 2.32. The zero-order valence-electron chi connectivity index (χ0n) is 15.5. The molecule has 0 radical (unpaired) electrons. The molecule has 0 aliphatic rings. The van der Waals surface area contributed by atoms with Crippen molar-refractivity contribution in [1.82, 2.24) is 14.5 Å². The van der Waals surface area contributed by atoms with Crippen molar-refractivity contribution in [3.63, 3.8) is 0 Å². The van der Waals surface area contributed by atoms with E-state index in [2.05, 4.69) is 23.8 Å². The molecule has 1 aromatic carbocycles. The number of ether oxygens (including phenoxy) is 1. The second-order valence-corrected chi connectivity index (χ2v) is 7.24. The third-order valence-corrected chi connectivity index (χ3v) is 4.76. The minimum absolute atomic E-state index is 0.0539. The van der Waals surface area contributed by atoms with Gasteiger partial charge in [0, 0.05) is 11.2 Å². The van der Waals surface area contributed by atoms with Gasteiger partial charge >= 0.3 is 0 Å². The van der Waals surface area contributed by atoms with Gasteiger partial charge in [-0.05, 0) is 48.2 Å². The summed E-state index contributed by atoms with van der Waals surface area (Å²) >= 11 is 6.21. The molecule has 0 amide bonds. The maximum atomic E-state index is 12.5. The Kier molecular flexibility index (Phi) is 5.77. The van der Waals surface area contributed by atoms with Crippen LogP contribution >= 0.6 is 11.6 Å². The van der Waals surface area contributed by atoms with Crippen LogP contribution in [-0.2, 0) is 6.54 Å². The van der Waals surface area contributed by atoms with Crippen LogP contribution in [0.2, 0.25) is 5.02 Å². The van der Waals surface area contributed by atoms with Gasteiger partial charge in [-0.1, -0.05) is 25.4 Å². The van der Waals surface area contributed by atoms with E-state index in [4.69, 9.17) is 16.3 Å². The molecule has 1 unspecified atom stereocenters. The van der Waals surface area contributed by atoms with Gasteiger partial charge in [0.05, 0.1) is 11.9 Å². The summed E-state index contributed by atoms with van der Waals surface area (Å²) in [6, 6.07) is 7.13. The Morgan fingerprint density at radius 3 is 2.81 bits per heavy atom. The number of pyridine rings is 1. The van der Waals surface area contributed by atoms with Gasteiger partial charge in [0.2, 0.25) is 0 Å². The number of aromatic nitrogens is 3. The fourth-order valence-corrected chi connectivity index (χ4v) is 3.01. The number of fused-ring (bicyclic) bond motifs is 1. The fraction of sp³-hybridized carbons (Fsp3) is 0.350. The first-order valence-electron chi connectivity index (χ1n) is 8.78. The summed E-state index contributed by atoms with van der Waals surface area (Å²) in [5.74, 6) is 0.925. The first-order chi connectivity index (χ1) is 12.9. The Morgan fingerprint density at radius 2 is 2.07 bits per heavy atom. The van der Waals surface area contributed by atoms with E-state index in [0.717, 1.165) is 11.1 Å². The molecule has 6 nitrogen and oxygen atoms in total. The van der Waals surface area contributed by atoms with Crippen LogP contribution in [0.4, 0.5) is 0 Å². The number of aryl methyl sites for hydroxylation is 1. The SMILES string of the molecule is Cc1cc(OCC(O)Cn2cnc3ncccc3c2=O)c(C(C)C)cc1Cl. The van der Waals surface area contributed by atoms with Crippen molar-refractivity contribution in [2.75, 3.05) is 6.61 Å². The number of aliphatic hydroxyl groups is 1. The summed E-state index contributed by atoms with van der Waals surface area (Å²) in [5.41, 5.74) is 2.04. The molecule has 0 spiro atoms. The smallest absolute Gasteiger partial charge is 0.262 e. The predicted molar refractivity (Wildman–Crippen MR) is 106 cm³/mol. The van der Waals surface area contributed by atoms with Gasteiger partial charge in [0.25, 0.3) is 5.56 Å². The minimum atomic E-state index is -0.866. The zero-order chi connectivity index (χ0) is 19.6. The number of nitrogens with zero attached hydrogens (tertiary/aromatic N) is 3. The highest BCUT2D eigenvalue weighted by atomic mass is 35.5. The molecular formula is C20H22ClN3O3. The summed E-state index contributed by atoms with van der Waals surface area (Å²) in [7, 11) is 0. The molecule has 3 aromatic rings. The van der Waals surface area contributed by atoms with Crippen molar-refractivity contribution in [3.05, 3.63) is 63.3 Å². The van der Waals surface area contributed by atoms with Crippen molar-refractivity contribution in [1.29, 1.82) is 0 Å². The maximum Gasteiger partial charge on any atom is 0.262 e. The summed E-state index contributed by atoms with van der Waals surface area (Å²) in [6.45, 7) is 6.15. The number of hydrogen-bond acceptors (Lipinski definition) is 5. The van der Waals surface area contributed by atoms with Gasteiger partial charge < -0.3 is 9.84 Å². The van der Waals surface area contributed by atoms with E-state index in [9.17, 15) is 9.90 Å². The number of rotatable bonds is 6. The molecule has 0 aliphatic carbocycles. The molecule has 0 aliphatic heterocycles. The Balaban J connectivity index is 1.74. The second-order valence-electron chi connectivity index (χ2n) is 6.84. The molecule has 142 valence electrons. The Bertz CT molecular complexity index is 1020. The van der Waals surface area contributed by atoms with Gasteiger partial charge in [-0.25, -0.2) is 9.97 Å². The summed E-state index contributed by atoms with van der Waals surface area (Å²) < 4.78 is 7.21. The van der Waals surface area contributed by atoms with Crippen LogP contribution < -0.4 is 10.3 Å². The third kappa shape index (κ3) is 4.28. The van der Waals surface area contributed by atoms with Crippen molar-refractivity contribution in [2.24, 2.45) is 0 Å². The van der Waals surface area contributed by atoms with Crippen molar-refractivity contribution in [2.45, 2.75) is 39.3 Å². The lowest BCUT2D eigenvalue weighted by molar-refractivity contribution is 0.0908. The molecule has 7 heteroatoms. The first-order valence-corrected chi connectivity index (χ1v) is 9.15. The van der Waals surface area contributed by atoms with E-state index in [1.54, 1.807) is 18.3 Å². The third-order valence-electron chi connectivity index (χ3n) is 4.35. The lowest BCUT2D eigenvalue weighted by Gasteiger charge is -2.18. The molecule has 1 N–H and O–H groups in total. The molecule has 3 rings (SSSR count). The van der Waals surface area contributed by atoms with Crippen LogP contribution in [0.3, 0.4) is 0 Å². The van der Waals surface area contributed by atoms with Crippen LogP contribution in [0.5, 0.6) is 5.75 Å². The molecule has 27 heavy (non-hydrogen) atoms.